The Morgan fingerprint density at radius 2 is 2.17 bits per heavy atom. The molecule has 0 aliphatic rings. The van der Waals surface area contributed by atoms with Crippen LogP contribution < -0.4 is 5.32 Å². The molecule has 0 fully saturated rings. The minimum Gasteiger partial charge on any atom is -0.391 e. The summed E-state index contributed by atoms with van der Waals surface area (Å²) in [6, 6.07) is 0. The van der Waals surface area contributed by atoms with Gasteiger partial charge in [-0.05, 0) is 18.7 Å². The molecule has 0 aromatic rings. The fourth-order valence-electron chi connectivity index (χ4n) is 0.836. The highest BCUT2D eigenvalue weighted by atomic mass is 32.2. The Labute approximate surface area is 80.1 Å². The molecular formula is C9H21NOS. The van der Waals surface area contributed by atoms with E-state index in [9.17, 15) is 5.11 Å². The van der Waals surface area contributed by atoms with Crippen molar-refractivity contribution in [3.05, 3.63) is 0 Å². The topological polar surface area (TPSA) is 32.3 Å². The monoisotopic (exact) mass is 191 g/mol. The number of aliphatic hydroxyl groups excluding tert-OH is 1. The number of rotatable bonds is 8. The van der Waals surface area contributed by atoms with Gasteiger partial charge in [-0.25, -0.2) is 0 Å². The van der Waals surface area contributed by atoms with Crippen molar-refractivity contribution in [2.24, 2.45) is 0 Å². The first-order chi connectivity index (χ1) is 5.81. The number of hydrogen-bond acceptors (Lipinski definition) is 3. The summed E-state index contributed by atoms with van der Waals surface area (Å²) in [5, 5.41) is 12.5. The molecule has 2 nitrogen and oxygen atoms in total. The third kappa shape index (κ3) is 8.37. The summed E-state index contributed by atoms with van der Waals surface area (Å²) in [6.07, 6.45) is 2.33. The average molecular weight is 191 g/mol. The van der Waals surface area contributed by atoms with Gasteiger partial charge >= 0.3 is 0 Å². The Morgan fingerprint density at radius 1 is 1.42 bits per heavy atom. The van der Waals surface area contributed by atoms with E-state index in [2.05, 4.69) is 19.2 Å². The summed E-state index contributed by atoms with van der Waals surface area (Å²) in [6.45, 7) is 5.92. The van der Waals surface area contributed by atoms with Gasteiger partial charge in [0.2, 0.25) is 0 Å². The molecule has 2 N–H and O–H groups in total. The van der Waals surface area contributed by atoms with Gasteiger partial charge in [-0.2, -0.15) is 11.8 Å². The Bertz CT molecular complexity index is 90.6. The van der Waals surface area contributed by atoms with Crippen LogP contribution in [0.1, 0.15) is 26.7 Å². The molecule has 12 heavy (non-hydrogen) atoms. The third-order valence-corrected chi connectivity index (χ3v) is 2.78. The van der Waals surface area contributed by atoms with Crippen molar-refractivity contribution >= 4 is 11.8 Å². The summed E-state index contributed by atoms with van der Waals surface area (Å²) < 4.78 is 0. The van der Waals surface area contributed by atoms with Gasteiger partial charge in [0.15, 0.2) is 0 Å². The highest BCUT2D eigenvalue weighted by Gasteiger charge is 2.01. The predicted molar refractivity (Wildman–Crippen MR) is 56.8 cm³/mol. The van der Waals surface area contributed by atoms with Crippen LogP contribution in [0.4, 0.5) is 0 Å². The van der Waals surface area contributed by atoms with Crippen molar-refractivity contribution in [3.63, 3.8) is 0 Å². The van der Waals surface area contributed by atoms with Gasteiger partial charge in [-0.3, -0.25) is 0 Å². The van der Waals surface area contributed by atoms with E-state index >= 15 is 0 Å². The van der Waals surface area contributed by atoms with E-state index < -0.39 is 0 Å². The molecular weight excluding hydrogens is 170 g/mol. The Hall–Kier alpha value is 0.270. The summed E-state index contributed by atoms with van der Waals surface area (Å²) in [4.78, 5) is 0. The van der Waals surface area contributed by atoms with Crippen molar-refractivity contribution in [2.45, 2.75) is 32.8 Å². The first-order valence-electron chi connectivity index (χ1n) is 4.77. The Morgan fingerprint density at radius 3 is 2.75 bits per heavy atom. The molecule has 0 saturated carbocycles. The van der Waals surface area contributed by atoms with Gasteiger partial charge in [0, 0.05) is 12.3 Å². The molecule has 0 aliphatic carbocycles. The van der Waals surface area contributed by atoms with Gasteiger partial charge in [0.1, 0.15) is 0 Å². The molecule has 3 heteroatoms. The fraction of sp³-hybridized carbons (Fsp3) is 1.00. The van der Waals surface area contributed by atoms with Crippen LogP contribution in [0.2, 0.25) is 0 Å². The van der Waals surface area contributed by atoms with Crippen molar-refractivity contribution in [1.82, 2.24) is 5.32 Å². The van der Waals surface area contributed by atoms with Crippen molar-refractivity contribution in [2.75, 3.05) is 24.6 Å². The number of nitrogens with one attached hydrogen (secondary N) is 1. The molecule has 1 unspecified atom stereocenters. The second kappa shape index (κ2) is 9.36. The minimum absolute atomic E-state index is 0.174. The lowest BCUT2D eigenvalue weighted by Gasteiger charge is -2.09. The van der Waals surface area contributed by atoms with E-state index in [0.29, 0.717) is 0 Å². The van der Waals surface area contributed by atoms with Crippen molar-refractivity contribution in [3.8, 4) is 0 Å². The number of thioether (sulfide) groups is 1. The molecule has 0 amide bonds. The molecule has 0 radical (unpaired) electrons. The number of unbranched alkanes of at least 4 members (excludes halogenated alkanes) is 1. The molecule has 0 spiro atoms. The van der Waals surface area contributed by atoms with Crippen LogP contribution in [0, 0.1) is 0 Å². The summed E-state index contributed by atoms with van der Waals surface area (Å²) in [5.41, 5.74) is 0. The van der Waals surface area contributed by atoms with E-state index in [1.807, 2.05) is 11.8 Å². The zero-order valence-corrected chi connectivity index (χ0v) is 8.99. The van der Waals surface area contributed by atoms with Gasteiger partial charge in [0.25, 0.3) is 0 Å². The lowest BCUT2D eigenvalue weighted by atomic mass is 10.4. The first kappa shape index (κ1) is 12.3. The number of aliphatic hydroxyl groups is 1. The molecule has 0 bridgehead atoms. The first-order valence-corrected chi connectivity index (χ1v) is 5.93. The van der Waals surface area contributed by atoms with E-state index in [0.717, 1.165) is 18.8 Å². The van der Waals surface area contributed by atoms with Crippen LogP contribution in [0.5, 0.6) is 0 Å². The van der Waals surface area contributed by atoms with Crippen LogP contribution in [0.3, 0.4) is 0 Å². The van der Waals surface area contributed by atoms with Crippen LogP contribution in [0.15, 0.2) is 0 Å². The van der Waals surface area contributed by atoms with Gasteiger partial charge < -0.3 is 10.4 Å². The summed E-state index contributed by atoms with van der Waals surface area (Å²) >= 11 is 1.85. The smallest absolute Gasteiger partial charge is 0.0754 e. The van der Waals surface area contributed by atoms with E-state index in [1.54, 1.807) is 0 Å². The van der Waals surface area contributed by atoms with E-state index in [4.69, 9.17) is 0 Å². The highest BCUT2D eigenvalue weighted by molar-refractivity contribution is 7.99. The Balaban J connectivity index is 3.02. The molecule has 0 rings (SSSR count). The van der Waals surface area contributed by atoms with E-state index in [-0.39, 0.29) is 6.10 Å². The zero-order valence-electron chi connectivity index (χ0n) is 8.18. The van der Waals surface area contributed by atoms with Gasteiger partial charge in [0.05, 0.1) is 6.10 Å². The second-order valence-corrected chi connectivity index (χ2v) is 4.04. The SMILES string of the molecule is CCCCSCC(O)CNCC. The third-order valence-electron chi connectivity index (χ3n) is 1.58. The van der Waals surface area contributed by atoms with Crippen LogP contribution in [-0.2, 0) is 0 Å². The maximum absolute atomic E-state index is 9.40. The standard InChI is InChI=1S/C9H21NOS/c1-3-5-6-12-8-9(11)7-10-4-2/h9-11H,3-8H2,1-2H3. The maximum atomic E-state index is 9.40. The highest BCUT2D eigenvalue weighted by Crippen LogP contribution is 2.05. The van der Waals surface area contributed by atoms with Gasteiger partial charge in [-0.15, -0.1) is 0 Å². The summed E-state index contributed by atoms with van der Waals surface area (Å²) in [7, 11) is 0. The molecule has 0 aliphatic heterocycles. The average Bonchev–Trinajstić information content (AvgIpc) is 2.09. The minimum atomic E-state index is -0.174. The molecule has 74 valence electrons. The quantitative estimate of drug-likeness (QED) is 0.570. The predicted octanol–water partition coefficient (Wildman–Crippen LogP) is 1.49. The van der Waals surface area contributed by atoms with Crippen LogP contribution in [-0.4, -0.2) is 35.8 Å². The number of likely N-dealkylation sites (N-methyl/N-ethyl adjacent to an activating group) is 1. The zero-order chi connectivity index (χ0) is 9.23. The number of hydrogen-bond donors (Lipinski definition) is 2. The normalized spacial score (nSPS) is 13.2. The molecule has 0 heterocycles. The molecule has 0 aromatic carbocycles. The fourth-order valence-corrected chi connectivity index (χ4v) is 1.89. The summed E-state index contributed by atoms with van der Waals surface area (Å²) in [5.74, 6) is 2.05. The van der Waals surface area contributed by atoms with Crippen molar-refractivity contribution in [1.29, 1.82) is 0 Å². The lowest BCUT2D eigenvalue weighted by molar-refractivity contribution is 0.197. The van der Waals surface area contributed by atoms with Crippen LogP contribution in [0.25, 0.3) is 0 Å². The molecule has 1 atom stereocenters. The largest absolute Gasteiger partial charge is 0.391 e. The van der Waals surface area contributed by atoms with E-state index in [1.165, 1.54) is 18.6 Å². The van der Waals surface area contributed by atoms with Crippen molar-refractivity contribution < 1.29 is 5.11 Å². The lowest BCUT2D eigenvalue weighted by Crippen LogP contribution is -2.28. The molecule has 0 aromatic heterocycles. The molecule has 0 saturated heterocycles. The maximum Gasteiger partial charge on any atom is 0.0754 e. The Kier molecular flexibility index (Phi) is 9.57. The van der Waals surface area contributed by atoms with Crippen LogP contribution >= 0.6 is 11.8 Å². The van der Waals surface area contributed by atoms with Gasteiger partial charge in [-0.1, -0.05) is 20.3 Å². The second-order valence-electron chi connectivity index (χ2n) is 2.89.